The molecule has 0 radical (unpaired) electrons. The number of hydrogen-bond acceptors (Lipinski definition) is 3. The summed E-state index contributed by atoms with van der Waals surface area (Å²) >= 11 is 0. The Kier molecular flexibility index (Phi) is 1.55. The molecule has 2 rings (SSSR count). The van der Waals surface area contributed by atoms with Gasteiger partial charge in [-0.25, -0.2) is 0 Å². The number of hydrogen-bond donors (Lipinski definition) is 0. The highest BCUT2D eigenvalue weighted by atomic mass is 16.4. The molecule has 3 nitrogen and oxygen atoms in total. The maximum Gasteiger partial charge on any atom is 0.185 e. The van der Waals surface area contributed by atoms with Gasteiger partial charge in [-0.05, 0) is 12.1 Å². The van der Waals surface area contributed by atoms with E-state index in [-0.39, 0.29) is 5.43 Å². The summed E-state index contributed by atoms with van der Waals surface area (Å²) in [6.07, 6.45) is 2.88. The third-order valence-corrected chi connectivity index (χ3v) is 1.46. The summed E-state index contributed by atoms with van der Waals surface area (Å²) in [5.74, 6) is 1.01. The van der Waals surface area contributed by atoms with Crippen LogP contribution in [0.4, 0.5) is 0 Å². The van der Waals surface area contributed by atoms with Gasteiger partial charge in [-0.15, -0.1) is 0 Å². The second-order valence-corrected chi connectivity index (χ2v) is 2.31. The molecule has 0 amide bonds. The van der Waals surface area contributed by atoms with E-state index in [1.165, 1.54) is 24.7 Å². The van der Waals surface area contributed by atoms with Crippen molar-refractivity contribution in [2.24, 2.45) is 0 Å². The highest BCUT2D eigenvalue weighted by molar-refractivity contribution is 5.48. The van der Waals surface area contributed by atoms with Crippen LogP contribution in [0.1, 0.15) is 0 Å². The molecule has 12 heavy (non-hydrogen) atoms. The Morgan fingerprint density at radius 1 is 1.00 bits per heavy atom. The van der Waals surface area contributed by atoms with Crippen molar-refractivity contribution in [2.75, 3.05) is 0 Å². The van der Waals surface area contributed by atoms with Crippen LogP contribution in [0.15, 0.2) is 50.4 Å². The van der Waals surface area contributed by atoms with Gasteiger partial charge in [0.05, 0.1) is 12.5 Å². The smallest absolute Gasteiger partial charge is 0.185 e. The summed E-state index contributed by atoms with van der Waals surface area (Å²) in [5, 5.41) is 0. The summed E-state index contributed by atoms with van der Waals surface area (Å²) in [6, 6.07) is 6.21. The average molecular weight is 162 g/mol. The van der Waals surface area contributed by atoms with Crippen LogP contribution in [-0.2, 0) is 0 Å². The molecule has 0 saturated carbocycles. The van der Waals surface area contributed by atoms with E-state index in [1.54, 1.807) is 12.1 Å². The van der Waals surface area contributed by atoms with Crippen molar-refractivity contribution in [3.05, 3.63) is 47.0 Å². The SMILES string of the molecule is O=c1ccoc(-c2ccco2)c1. The van der Waals surface area contributed by atoms with E-state index in [0.29, 0.717) is 11.5 Å². The average Bonchev–Trinajstić information content (AvgIpc) is 2.56. The molecule has 2 aromatic heterocycles. The Labute approximate surface area is 68.2 Å². The Balaban J connectivity index is 2.55. The van der Waals surface area contributed by atoms with Gasteiger partial charge in [-0.2, -0.15) is 0 Å². The van der Waals surface area contributed by atoms with Gasteiger partial charge in [0.2, 0.25) is 0 Å². The third kappa shape index (κ3) is 1.16. The molecule has 0 saturated heterocycles. The molecule has 0 aliphatic rings. The minimum Gasteiger partial charge on any atom is -0.461 e. The highest BCUT2D eigenvalue weighted by Gasteiger charge is 2.01. The van der Waals surface area contributed by atoms with Gasteiger partial charge in [-0.3, -0.25) is 4.79 Å². The molecule has 0 atom stereocenters. The van der Waals surface area contributed by atoms with E-state index in [4.69, 9.17) is 8.83 Å². The summed E-state index contributed by atoms with van der Waals surface area (Å²) in [6.45, 7) is 0. The minimum absolute atomic E-state index is 0.0901. The standard InChI is InChI=1S/C9H6O3/c10-7-3-5-12-9(6-7)8-2-1-4-11-8/h1-6H. The second-order valence-electron chi connectivity index (χ2n) is 2.31. The summed E-state index contributed by atoms with van der Waals surface area (Å²) < 4.78 is 10.1. The quantitative estimate of drug-likeness (QED) is 0.643. The normalized spacial score (nSPS) is 10.0. The zero-order chi connectivity index (χ0) is 8.39. The van der Waals surface area contributed by atoms with Crippen molar-refractivity contribution in [3.8, 4) is 11.5 Å². The maximum atomic E-state index is 10.9. The summed E-state index contributed by atoms with van der Waals surface area (Å²) in [7, 11) is 0. The van der Waals surface area contributed by atoms with Gasteiger partial charge < -0.3 is 8.83 Å². The van der Waals surface area contributed by atoms with Crippen molar-refractivity contribution in [1.29, 1.82) is 0 Å². The lowest BCUT2D eigenvalue weighted by molar-refractivity contribution is 0.513. The second kappa shape index (κ2) is 2.70. The predicted molar refractivity (Wildman–Crippen MR) is 42.7 cm³/mol. The lowest BCUT2D eigenvalue weighted by atomic mass is 10.3. The molecule has 3 heteroatoms. The molecule has 0 aliphatic carbocycles. The Bertz CT molecular complexity index is 411. The van der Waals surface area contributed by atoms with Crippen LogP contribution < -0.4 is 5.43 Å². The van der Waals surface area contributed by atoms with Crippen molar-refractivity contribution in [1.82, 2.24) is 0 Å². The number of furan rings is 1. The first-order valence-corrected chi connectivity index (χ1v) is 3.49. The van der Waals surface area contributed by atoms with Crippen LogP contribution in [-0.4, -0.2) is 0 Å². The van der Waals surface area contributed by atoms with Gasteiger partial charge in [0.15, 0.2) is 16.9 Å². The minimum atomic E-state index is -0.0901. The first-order chi connectivity index (χ1) is 5.86. The first-order valence-electron chi connectivity index (χ1n) is 3.49. The summed E-state index contributed by atoms with van der Waals surface area (Å²) in [5.41, 5.74) is -0.0901. The van der Waals surface area contributed by atoms with E-state index in [2.05, 4.69) is 0 Å². The first kappa shape index (κ1) is 6.91. The molecule has 0 bridgehead atoms. The predicted octanol–water partition coefficient (Wildman–Crippen LogP) is 1.90. The molecular formula is C9H6O3. The van der Waals surface area contributed by atoms with E-state index in [0.717, 1.165) is 0 Å². The molecule has 2 aromatic rings. The van der Waals surface area contributed by atoms with Gasteiger partial charge in [0.25, 0.3) is 0 Å². The fraction of sp³-hybridized carbons (Fsp3) is 0. The zero-order valence-electron chi connectivity index (χ0n) is 6.19. The molecule has 0 aromatic carbocycles. The zero-order valence-corrected chi connectivity index (χ0v) is 6.19. The fourth-order valence-corrected chi connectivity index (χ4v) is 0.934. The summed E-state index contributed by atoms with van der Waals surface area (Å²) in [4.78, 5) is 10.9. The molecule has 0 aliphatic heterocycles. The molecule has 0 fully saturated rings. The van der Waals surface area contributed by atoms with Crippen LogP contribution in [0.5, 0.6) is 0 Å². The van der Waals surface area contributed by atoms with Crippen LogP contribution >= 0.6 is 0 Å². The number of rotatable bonds is 1. The molecule has 0 spiro atoms. The molecule has 0 unspecified atom stereocenters. The lowest BCUT2D eigenvalue weighted by Gasteiger charge is -1.91. The van der Waals surface area contributed by atoms with Gasteiger partial charge in [0.1, 0.15) is 0 Å². The Morgan fingerprint density at radius 3 is 2.50 bits per heavy atom. The lowest BCUT2D eigenvalue weighted by Crippen LogP contribution is -1.94. The van der Waals surface area contributed by atoms with E-state index in [1.807, 2.05) is 0 Å². The van der Waals surface area contributed by atoms with Gasteiger partial charge in [-0.1, -0.05) is 0 Å². The third-order valence-electron chi connectivity index (χ3n) is 1.46. The van der Waals surface area contributed by atoms with Crippen molar-refractivity contribution in [2.45, 2.75) is 0 Å². The van der Waals surface area contributed by atoms with E-state index >= 15 is 0 Å². The maximum absolute atomic E-state index is 10.9. The highest BCUT2D eigenvalue weighted by Crippen LogP contribution is 2.16. The molecule has 60 valence electrons. The fourth-order valence-electron chi connectivity index (χ4n) is 0.934. The van der Waals surface area contributed by atoms with Gasteiger partial charge >= 0.3 is 0 Å². The molecule has 0 N–H and O–H groups in total. The van der Waals surface area contributed by atoms with Crippen LogP contribution in [0.25, 0.3) is 11.5 Å². The monoisotopic (exact) mass is 162 g/mol. The van der Waals surface area contributed by atoms with Crippen molar-refractivity contribution >= 4 is 0 Å². The largest absolute Gasteiger partial charge is 0.461 e. The van der Waals surface area contributed by atoms with Crippen molar-refractivity contribution < 1.29 is 8.83 Å². The Hall–Kier alpha value is -1.77. The molecule has 2 heterocycles. The van der Waals surface area contributed by atoms with Crippen LogP contribution in [0.2, 0.25) is 0 Å². The van der Waals surface area contributed by atoms with Gasteiger partial charge in [0, 0.05) is 12.1 Å². The van der Waals surface area contributed by atoms with E-state index in [9.17, 15) is 4.79 Å². The topological polar surface area (TPSA) is 43.4 Å². The van der Waals surface area contributed by atoms with E-state index < -0.39 is 0 Å². The van der Waals surface area contributed by atoms with Crippen molar-refractivity contribution in [3.63, 3.8) is 0 Å². The molecular weight excluding hydrogens is 156 g/mol. The van der Waals surface area contributed by atoms with Crippen LogP contribution in [0, 0.1) is 0 Å². The van der Waals surface area contributed by atoms with Crippen LogP contribution in [0.3, 0.4) is 0 Å². The Morgan fingerprint density at radius 2 is 1.83 bits per heavy atom.